The summed E-state index contributed by atoms with van der Waals surface area (Å²) in [5.74, 6) is 0.784. The fourth-order valence-electron chi connectivity index (χ4n) is 2.83. The van der Waals surface area contributed by atoms with E-state index in [0.29, 0.717) is 19.1 Å². The predicted octanol–water partition coefficient (Wildman–Crippen LogP) is 0.745. The molecule has 0 spiro atoms. The zero-order chi connectivity index (χ0) is 19.4. The first-order valence-corrected chi connectivity index (χ1v) is 10.1. The van der Waals surface area contributed by atoms with Gasteiger partial charge in [0.15, 0.2) is 5.96 Å². The molecule has 3 N–H and O–H groups in total. The highest BCUT2D eigenvalue weighted by atomic mass is 16.5. The van der Waals surface area contributed by atoms with Crippen molar-refractivity contribution in [1.82, 2.24) is 20.4 Å². The van der Waals surface area contributed by atoms with Gasteiger partial charge in [0.25, 0.3) is 0 Å². The maximum atomic E-state index is 10.7. The van der Waals surface area contributed by atoms with Gasteiger partial charge < -0.3 is 25.4 Å². The highest BCUT2D eigenvalue weighted by Crippen LogP contribution is 2.09. The number of nitrogens with zero attached hydrogens (tertiary/aromatic N) is 3. The summed E-state index contributed by atoms with van der Waals surface area (Å²) in [4.78, 5) is 9.19. The topological polar surface area (TPSA) is 72.4 Å². The number of aliphatic imine (C=N–C) groups is 1. The van der Waals surface area contributed by atoms with Crippen LogP contribution in [-0.4, -0.2) is 98.6 Å². The molecular weight excluding hydrogens is 330 g/mol. The quantitative estimate of drug-likeness (QED) is 0.283. The Morgan fingerprint density at radius 3 is 2.58 bits per heavy atom. The summed E-state index contributed by atoms with van der Waals surface area (Å²) in [6.45, 7) is 15.4. The number of β-amino-alcohol motifs (C(OH)–C–C–N with tert-alkyl or cyclic N) is 1. The van der Waals surface area contributed by atoms with Crippen molar-refractivity contribution in [3.8, 4) is 0 Å². The molecule has 0 radical (unpaired) electrons. The molecule has 1 fully saturated rings. The van der Waals surface area contributed by atoms with Crippen LogP contribution in [0.1, 0.15) is 40.5 Å². The number of morpholine rings is 1. The van der Waals surface area contributed by atoms with Gasteiger partial charge in [-0.1, -0.05) is 0 Å². The van der Waals surface area contributed by atoms with E-state index in [2.05, 4.69) is 53.2 Å². The Labute approximate surface area is 160 Å². The zero-order valence-electron chi connectivity index (χ0n) is 17.6. The minimum absolute atomic E-state index is 0.385. The summed E-state index contributed by atoms with van der Waals surface area (Å²) in [5.41, 5.74) is -0.834. The lowest BCUT2D eigenvalue weighted by atomic mass is 10.1. The normalized spacial score (nSPS) is 19.0. The molecule has 26 heavy (non-hydrogen) atoms. The molecule has 0 saturated carbocycles. The Balaban J connectivity index is 2.34. The highest BCUT2D eigenvalue weighted by molar-refractivity contribution is 5.79. The Kier molecular flexibility index (Phi) is 11.1. The second-order valence-corrected chi connectivity index (χ2v) is 7.79. The summed E-state index contributed by atoms with van der Waals surface area (Å²) < 4.78 is 5.36. The number of rotatable bonds is 11. The molecule has 1 rings (SSSR count). The van der Waals surface area contributed by atoms with Gasteiger partial charge in [0, 0.05) is 38.8 Å². The average molecular weight is 372 g/mol. The molecule has 0 aliphatic carbocycles. The second kappa shape index (κ2) is 12.5. The van der Waals surface area contributed by atoms with E-state index in [1.165, 1.54) is 0 Å². The summed E-state index contributed by atoms with van der Waals surface area (Å²) >= 11 is 0. The molecule has 1 unspecified atom stereocenters. The van der Waals surface area contributed by atoms with E-state index in [1.54, 1.807) is 0 Å². The summed E-state index contributed by atoms with van der Waals surface area (Å²) in [5, 5.41) is 17.3. The van der Waals surface area contributed by atoms with Crippen LogP contribution in [0.4, 0.5) is 0 Å². The monoisotopic (exact) mass is 371 g/mol. The van der Waals surface area contributed by atoms with Crippen molar-refractivity contribution in [2.24, 2.45) is 4.99 Å². The van der Waals surface area contributed by atoms with Gasteiger partial charge in [-0.25, -0.2) is 0 Å². The first-order chi connectivity index (χ1) is 12.3. The molecule has 1 aliphatic heterocycles. The predicted molar refractivity (Wildman–Crippen MR) is 109 cm³/mol. The minimum Gasteiger partial charge on any atom is -0.387 e. The summed E-state index contributed by atoms with van der Waals surface area (Å²) in [7, 11) is 2.17. The smallest absolute Gasteiger partial charge is 0.191 e. The number of hydrogen-bond acceptors (Lipinski definition) is 5. The van der Waals surface area contributed by atoms with Gasteiger partial charge in [0.05, 0.1) is 25.4 Å². The van der Waals surface area contributed by atoms with Crippen LogP contribution in [-0.2, 0) is 4.74 Å². The van der Waals surface area contributed by atoms with Gasteiger partial charge in [-0.3, -0.25) is 9.89 Å². The van der Waals surface area contributed by atoms with Gasteiger partial charge in [0.2, 0.25) is 0 Å². The maximum Gasteiger partial charge on any atom is 0.191 e. The van der Waals surface area contributed by atoms with Crippen LogP contribution in [0.25, 0.3) is 0 Å². The maximum absolute atomic E-state index is 10.7. The number of hydrogen-bond donors (Lipinski definition) is 3. The molecule has 1 saturated heterocycles. The van der Waals surface area contributed by atoms with Crippen LogP contribution in [0.2, 0.25) is 0 Å². The highest BCUT2D eigenvalue weighted by Gasteiger charge is 2.25. The van der Waals surface area contributed by atoms with Crippen LogP contribution in [0.3, 0.4) is 0 Å². The molecule has 0 bridgehead atoms. The summed E-state index contributed by atoms with van der Waals surface area (Å²) in [6, 6.07) is 0.593. The molecular formula is C19H41N5O2. The molecule has 0 aromatic rings. The van der Waals surface area contributed by atoms with E-state index in [0.717, 1.165) is 64.7 Å². The van der Waals surface area contributed by atoms with E-state index < -0.39 is 5.60 Å². The second-order valence-electron chi connectivity index (χ2n) is 7.79. The number of aliphatic hydroxyl groups is 1. The molecule has 0 aromatic heterocycles. The van der Waals surface area contributed by atoms with Crippen LogP contribution >= 0.6 is 0 Å². The van der Waals surface area contributed by atoms with Crippen molar-refractivity contribution in [2.45, 2.75) is 52.2 Å². The molecule has 7 heteroatoms. The van der Waals surface area contributed by atoms with E-state index in [1.807, 2.05) is 6.92 Å². The zero-order valence-corrected chi connectivity index (χ0v) is 17.6. The van der Waals surface area contributed by atoms with Crippen LogP contribution < -0.4 is 10.6 Å². The molecule has 7 nitrogen and oxygen atoms in total. The van der Waals surface area contributed by atoms with Crippen molar-refractivity contribution < 1.29 is 9.84 Å². The lowest BCUT2D eigenvalue weighted by Gasteiger charge is -2.33. The first-order valence-electron chi connectivity index (χ1n) is 10.1. The van der Waals surface area contributed by atoms with Crippen molar-refractivity contribution >= 4 is 5.96 Å². The van der Waals surface area contributed by atoms with E-state index in [4.69, 9.17) is 4.74 Å². The van der Waals surface area contributed by atoms with Crippen molar-refractivity contribution in [3.05, 3.63) is 0 Å². The lowest BCUT2D eigenvalue weighted by molar-refractivity contribution is -0.0179. The number of unbranched alkanes of at least 4 members (excludes halogenated alkanes) is 1. The SMILES string of the molecule is CCNC(=NCC(C)(O)CN1CCOCC1)NCCCCN(C)C(C)C. The Morgan fingerprint density at radius 1 is 1.27 bits per heavy atom. The van der Waals surface area contributed by atoms with Crippen LogP contribution in [0, 0.1) is 0 Å². The fraction of sp³-hybridized carbons (Fsp3) is 0.947. The Hall–Kier alpha value is -0.890. The van der Waals surface area contributed by atoms with E-state index >= 15 is 0 Å². The van der Waals surface area contributed by atoms with Gasteiger partial charge in [0.1, 0.15) is 0 Å². The van der Waals surface area contributed by atoms with Crippen LogP contribution in [0.5, 0.6) is 0 Å². The summed E-state index contributed by atoms with van der Waals surface area (Å²) in [6.07, 6.45) is 2.27. The molecule has 1 aliphatic rings. The number of nitrogens with one attached hydrogen (secondary N) is 2. The molecule has 0 amide bonds. The van der Waals surface area contributed by atoms with Crippen molar-refractivity contribution in [2.75, 3.05) is 66.1 Å². The number of guanidine groups is 1. The van der Waals surface area contributed by atoms with Gasteiger partial charge in [-0.2, -0.15) is 0 Å². The Morgan fingerprint density at radius 2 is 1.96 bits per heavy atom. The van der Waals surface area contributed by atoms with Gasteiger partial charge >= 0.3 is 0 Å². The molecule has 1 atom stereocenters. The van der Waals surface area contributed by atoms with Gasteiger partial charge in [-0.05, 0) is 54.1 Å². The van der Waals surface area contributed by atoms with Gasteiger partial charge in [-0.15, -0.1) is 0 Å². The van der Waals surface area contributed by atoms with Crippen LogP contribution in [0.15, 0.2) is 4.99 Å². The average Bonchev–Trinajstić information content (AvgIpc) is 2.59. The lowest BCUT2D eigenvalue weighted by Crippen LogP contribution is -2.48. The third-order valence-corrected chi connectivity index (χ3v) is 4.70. The Bertz CT molecular complexity index is 395. The standard InChI is InChI=1S/C19H41N5O2/c1-6-20-18(21-9-7-8-10-23(5)17(2)3)22-15-19(4,25)16-24-11-13-26-14-12-24/h17,25H,6-16H2,1-5H3,(H2,20,21,22). The first kappa shape index (κ1) is 23.1. The largest absolute Gasteiger partial charge is 0.387 e. The van der Waals surface area contributed by atoms with E-state index in [9.17, 15) is 5.11 Å². The molecule has 154 valence electrons. The van der Waals surface area contributed by atoms with E-state index in [-0.39, 0.29) is 0 Å². The molecule has 0 aromatic carbocycles. The molecule has 1 heterocycles. The van der Waals surface area contributed by atoms with Crippen molar-refractivity contribution in [3.63, 3.8) is 0 Å². The number of ether oxygens (including phenoxy) is 1. The third kappa shape index (κ3) is 10.3. The third-order valence-electron chi connectivity index (χ3n) is 4.70. The fourth-order valence-corrected chi connectivity index (χ4v) is 2.83. The van der Waals surface area contributed by atoms with Crippen molar-refractivity contribution in [1.29, 1.82) is 0 Å². The minimum atomic E-state index is -0.834.